The molecule has 9 nitrogen and oxygen atoms in total. The maximum absolute atomic E-state index is 12.0. The second-order valence-electron chi connectivity index (χ2n) is 7.29. The van der Waals surface area contributed by atoms with Gasteiger partial charge in [0.25, 0.3) is 0 Å². The van der Waals surface area contributed by atoms with Gasteiger partial charge in [0.2, 0.25) is 0 Å². The number of hydrogen-bond donors (Lipinski definition) is 1. The van der Waals surface area contributed by atoms with Crippen LogP contribution in [0.1, 0.15) is 53.3 Å². The molecule has 0 aliphatic carbocycles. The van der Waals surface area contributed by atoms with E-state index < -0.39 is 35.4 Å². The first kappa shape index (κ1) is 20.5. The highest BCUT2D eigenvalue weighted by atomic mass is 16.6. The summed E-state index contributed by atoms with van der Waals surface area (Å²) >= 11 is 0. The molecule has 1 aromatic rings. The van der Waals surface area contributed by atoms with Crippen LogP contribution < -0.4 is 5.32 Å². The number of amides is 1. The zero-order valence-corrected chi connectivity index (χ0v) is 15.6. The van der Waals surface area contributed by atoms with E-state index in [0.717, 1.165) is 4.57 Å². The number of ether oxygens (including phenoxy) is 3. The van der Waals surface area contributed by atoms with Crippen LogP contribution in [0.25, 0.3) is 0 Å². The lowest BCUT2D eigenvalue weighted by Crippen LogP contribution is -2.38. The van der Waals surface area contributed by atoms with E-state index in [-0.39, 0.29) is 5.69 Å². The molecule has 1 heterocycles. The van der Waals surface area contributed by atoms with Crippen molar-refractivity contribution in [2.45, 2.75) is 58.8 Å². The number of imidazole rings is 1. The van der Waals surface area contributed by atoms with E-state index in [2.05, 4.69) is 15.0 Å². The summed E-state index contributed by atoms with van der Waals surface area (Å²) in [5.41, 5.74) is -1.30. The highest BCUT2D eigenvalue weighted by Gasteiger charge is 2.29. The lowest BCUT2D eigenvalue weighted by molar-refractivity contribution is -0.143. The van der Waals surface area contributed by atoms with Gasteiger partial charge in [-0.1, -0.05) is 0 Å². The Balaban J connectivity index is 2.96. The SMILES string of the molecule is COC(=O)C(NC(=O)OC(C)(C)C)c1cn(C(=O)OC(C)(C)C)cn1. The van der Waals surface area contributed by atoms with Crippen molar-refractivity contribution in [2.75, 3.05) is 7.11 Å². The van der Waals surface area contributed by atoms with Crippen LogP contribution in [0.4, 0.5) is 9.59 Å². The first-order valence-electron chi connectivity index (χ1n) is 7.67. The summed E-state index contributed by atoms with van der Waals surface area (Å²) in [7, 11) is 1.18. The van der Waals surface area contributed by atoms with E-state index in [1.807, 2.05) is 0 Å². The minimum atomic E-state index is -1.22. The van der Waals surface area contributed by atoms with Crippen molar-refractivity contribution in [3.8, 4) is 0 Å². The molecule has 25 heavy (non-hydrogen) atoms. The van der Waals surface area contributed by atoms with Gasteiger partial charge in [0.05, 0.1) is 12.8 Å². The number of rotatable bonds is 3. The Labute approximate surface area is 146 Å². The van der Waals surface area contributed by atoms with Crippen molar-refractivity contribution < 1.29 is 28.6 Å². The number of nitrogens with zero attached hydrogens (tertiary/aromatic N) is 2. The molecule has 1 atom stereocenters. The summed E-state index contributed by atoms with van der Waals surface area (Å²) in [6.07, 6.45) is 1.00. The molecule has 1 unspecified atom stereocenters. The van der Waals surface area contributed by atoms with Crippen LogP contribution in [0.15, 0.2) is 12.5 Å². The van der Waals surface area contributed by atoms with Crippen molar-refractivity contribution in [3.63, 3.8) is 0 Å². The van der Waals surface area contributed by atoms with Gasteiger partial charge in [-0.2, -0.15) is 0 Å². The highest BCUT2D eigenvalue weighted by Crippen LogP contribution is 2.16. The summed E-state index contributed by atoms with van der Waals surface area (Å²) in [5.74, 6) is -0.750. The molecule has 0 radical (unpaired) electrons. The number of nitrogens with one attached hydrogen (secondary N) is 1. The summed E-state index contributed by atoms with van der Waals surface area (Å²) in [6.45, 7) is 10.3. The van der Waals surface area contributed by atoms with Crippen molar-refractivity contribution in [1.82, 2.24) is 14.9 Å². The minimum Gasteiger partial charge on any atom is -0.467 e. The van der Waals surface area contributed by atoms with Gasteiger partial charge in [0.15, 0.2) is 6.04 Å². The van der Waals surface area contributed by atoms with Gasteiger partial charge >= 0.3 is 18.2 Å². The fourth-order valence-electron chi connectivity index (χ4n) is 1.70. The average Bonchev–Trinajstić information content (AvgIpc) is 2.89. The molecule has 0 saturated heterocycles. The van der Waals surface area contributed by atoms with Crippen LogP contribution in [0.2, 0.25) is 0 Å². The topological polar surface area (TPSA) is 109 Å². The number of esters is 1. The van der Waals surface area contributed by atoms with Crippen molar-refractivity contribution >= 4 is 18.2 Å². The second kappa shape index (κ2) is 7.54. The lowest BCUT2D eigenvalue weighted by atomic mass is 10.2. The van der Waals surface area contributed by atoms with Crippen LogP contribution in [0.5, 0.6) is 0 Å². The van der Waals surface area contributed by atoms with Gasteiger partial charge < -0.3 is 19.5 Å². The van der Waals surface area contributed by atoms with Crippen LogP contribution in [-0.2, 0) is 19.0 Å². The van der Waals surface area contributed by atoms with E-state index in [0.29, 0.717) is 0 Å². The minimum absolute atomic E-state index is 0.114. The standard InChI is InChI=1S/C16H25N3O6/c1-15(2,3)24-13(21)18-11(12(20)23-7)10-8-19(9-17-10)14(22)25-16(4,5)6/h8-9,11H,1-7H3,(H,18,21). The maximum Gasteiger partial charge on any atom is 0.419 e. The molecule has 0 saturated carbocycles. The van der Waals surface area contributed by atoms with Gasteiger partial charge in [-0.15, -0.1) is 0 Å². The van der Waals surface area contributed by atoms with Crippen LogP contribution in [0.3, 0.4) is 0 Å². The van der Waals surface area contributed by atoms with E-state index in [9.17, 15) is 14.4 Å². The van der Waals surface area contributed by atoms with Crippen molar-refractivity contribution in [3.05, 3.63) is 18.2 Å². The van der Waals surface area contributed by atoms with E-state index in [1.165, 1.54) is 19.6 Å². The summed E-state index contributed by atoms with van der Waals surface area (Å²) in [4.78, 5) is 39.9. The predicted octanol–water partition coefficient (Wildman–Crippen LogP) is 2.41. The first-order valence-corrected chi connectivity index (χ1v) is 7.67. The Kier molecular flexibility index (Phi) is 6.17. The number of methoxy groups -OCH3 is 1. The quantitative estimate of drug-likeness (QED) is 0.655. The van der Waals surface area contributed by atoms with Gasteiger partial charge in [0.1, 0.15) is 17.5 Å². The molecule has 9 heteroatoms. The Morgan fingerprint density at radius 2 is 1.64 bits per heavy atom. The summed E-state index contributed by atoms with van der Waals surface area (Å²) in [5, 5.41) is 2.38. The van der Waals surface area contributed by atoms with E-state index in [1.54, 1.807) is 41.5 Å². The molecule has 0 spiro atoms. The number of alkyl carbamates (subject to hydrolysis) is 1. The second-order valence-corrected chi connectivity index (χ2v) is 7.29. The van der Waals surface area contributed by atoms with E-state index in [4.69, 9.17) is 9.47 Å². The molecule has 0 fully saturated rings. The Bertz CT molecular complexity index is 639. The number of hydrogen-bond acceptors (Lipinski definition) is 7. The molecule has 1 rings (SSSR count). The van der Waals surface area contributed by atoms with Crippen molar-refractivity contribution in [1.29, 1.82) is 0 Å². The van der Waals surface area contributed by atoms with E-state index >= 15 is 0 Å². The molecule has 1 aromatic heterocycles. The third-order valence-electron chi connectivity index (χ3n) is 2.60. The molecule has 0 aromatic carbocycles. The van der Waals surface area contributed by atoms with Crippen molar-refractivity contribution in [2.24, 2.45) is 0 Å². The maximum atomic E-state index is 12.0. The van der Waals surface area contributed by atoms with Gasteiger partial charge in [-0.3, -0.25) is 0 Å². The lowest BCUT2D eigenvalue weighted by Gasteiger charge is -2.22. The normalized spacial score (nSPS) is 12.9. The Hall–Kier alpha value is -2.58. The molecule has 1 amide bonds. The Morgan fingerprint density at radius 1 is 1.08 bits per heavy atom. The summed E-state index contributed by atoms with van der Waals surface area (Å²) < 4.78 is 16.1. The largest absolute Gasteiger partial charge is 0.467 e. The van der Waals surface area contributed by atoms with Gasteiger partial charge in [-0.05, 0) is 41.5 Å². The third-order valence-corrected chi connectivity index (χ3v) is 2.60. The molecular weight excluding hydrogens is 330 g/mol. The molecule has 140 valence electrons. The molecular formula is C16H25N3O6. The number of carbonyl (C=O) groups excluding carboxylic acids is 3. The smallest absolute Gasteiger partial charge is 0.419 e. The number of aromatic nitrogens is 2. The fourth-order valence-corrected chi connectivity index (χ4v) is 1.70. The fraction of sp³-hybridized carbons (Fsp3) is 0.625. The van der Waals surface area contributed by atoms with Gasteiger partial charge in [-0.25, -0.2) is 23.9 Å². The predicted molar refractivity (Wildman–Crippen MR) is 88.0 cm³/mol. The molecule has 0 aliphatic heterocycles. The monoisotopic (exact) mass is 355 g/mol. The number of carbonyl (C=O) groups is 3. The molecule has 0 bridgehead atoms. The Morgan fingerprint density at radius 3 is 2.12 bits per heavy atom. The highest BCUT2D eigenvalue weighted by molar-refractivity contribution is 5.82. The third kappa shape index (κ3) is 6.82. The first-order chi connectivity index (χ1) is 11.3. The zero-order chi connectivity index (χ0) is 19.4. The molecule has 0 aliphatic rings. The van der Waals surface area contributed by atoms with Crippen LogP contribution >= 0.6 is 0 Å². The zero-order valence-electron chi connectivity index (χ0n) is 15.6. The summed E-state index contributed by atoms with van der Waals surface area (Å²) in [6, 6.07) is -1.22. The van der Waals surface area contributed by atoms with Gasteiger partial charge in [0, 0.05) is 6.20 Å². The van der Waals surface area contributed by atoms with Crippen LogP contribution in [0, 0.1) is 0 Å². The van der Waals surface area contributed by atoms with Crippen LogP contribution in [-0.4, -0.2) is 46.0 Å². The average molecular weight is 355 g/mol. The molecule has 1 N–H and O–H groups in total.